The molecule has 1 aliphatic heterocycles. The molecule has 0 aliphatic carbocycles. The number of benzene rings is 1. The van der Waals surface area contributed by atoms with Crippen LogP contribution in [0.3, 0.4) is 0 Å². The summed E-state index contributed by atoms with van der Waals surface area (Å²) in [5.41, 5.74) is 1.01. The van der Waals surface area contributed by atoms with Gasteiger partial charge in [0, 0.05) is 43.0 Å². The predicted octanol–water partition coefficient (Wildman–Crippen LogP) is 2.49. The van der Waals surface area contributed by atoms with Gasteiger partial charge in [-0.25, -0.2) is 4.98 Å². The number of hydrogen-bond donors (Lipinski definition) is 2. The Hall–Kier alpha value is -3.25. The van der Waals surface area contributed by atoms with Crippen LogP contribution < -0.4 is 10.6 Å². The highest BCUT2D eigenvalue weighted by atomic mass is 32.2. The first kappa shape index (κ1) is 22.9. The number of aromatic nitrogens is 4. The number of rotatable bonds is 7. The SMILES string of the molecule is Cn1cnnc1SCC(=O)Nc1cccc(C(=O)N2CCCC(C(=O)Nc3nccs3)C2)c1. The molecule has 3 heterocycles. The Labute approximate surface area is 198 Å². The number of hydrogen-bond acceptors (Lipinski definition) is 8. The van der Waals surface area contributed by atoms with Crippen molar-refractivity contribution < 1.29 is 14.4 Å². The molecule has 1 saturated heterocycles. The van der Waals surface area contributed by atoms with Crippen LogP contribution >= 0.6 is 23.1 Å². The standard InChI is InChI=1S/C21H23N7O3S2/c1-27-13-23-26-21(27)33-12-17(29)24-16-6-2-4-14(10-16)19(31)28-8-3-5-15(11-28)18(30)25-20-22-7-9-32-20/h2,4,6-7,9-10,13,15H,3,5,8,11-12H2,1H3,(H,24,29)(H,22,25,30). The summed E-state index contributed by atoms with van der Waals surface area (Å²) < 4.78 is 1.74. The van der Waals surface area contributed by atoms with Gasteiger partial charge in [0.2, 0.25) is 11.8 Å². The van der Waals surface area contributed by atoms with E-state index in [0.29, 0.717) is 34.6 Å². The topological polar surface area (TPSA) is 122 Å². The van der Waals surface area contributed by atoms with Crippen LogP contribution in [0.25, 0.3) is 0 Å². The zero-order chi connectivity index (χ0) is 23.2. The number of thiazole rings is 1. The first-order chi connectivity index (χ1) is 16.0. The molecule has 3 aromatic rings. The molecule has 1 atom stereocenters. The highest BCUT2D eigenvalue weighted by Crippen LogP contribution is 2.22. The summed E-state index contributed by atoms with van der Waals surface area (Å²) in [7, 11) is 1.81. The van der Waals surface area contributed by atoms with E-state index in [1.165, 1.54) is 23.1 Å². The first-order valence-electron chi connectivity index (χ1n) is 10.4. The maximum Gasteiger partial charge on any atom is 0.253 e. The molecule has 172 valence electrons. The number of likely N-dealkylation sites (tertiary alicyclic amines) is 1. The van der Waals surface area contributed by atoms with E-state index in [9.17, 15) is 14.4 Å². The molecule has 10 nitrogen and oxygen atoms in total. The Morgan fingerprint density at radius 1 is 1.27 bits per heavy atom. The van der Waals surface area contributed by atoms with Crippen molar-refractivity contribution in [3.63, 3.8) is 0 Å². The van der Waals surface area contributed by atoms with Crippen LogP contribution in [-0.2, 0) is 16.6 Å². The van der Waals surface area contributed by atoms with Crippen LogP contribution in [0.4, 0.5) is 10.8 Å². The van der Waals surface area contributed by atoms with Gasteiger partial charge in [-0.15, -0.1) is 21.5 Å². The van der Waals surface area contributed by atoms with Gasteiger partial charge in [-0.05, 0) is 31.0 Å². The normalized spacial score (nSPS) is 15.8. The maximum absolute atomic E-state index is 13.1. The number of carbonyl (C=O) groups is 3. The van der Waals surface area contributed by atoms with Crippen molar-refractivity contribution in [3.8, 4) is 0 Å². The van der Waals surface area contributed by atoms with E-state index in [1.807, 2.05) is 7.05 Å². The van der Waals surface area contributed by atoms with Gasteiger partial charge >= 0.3 is 0 Å². The molecule has 3 amide bonds. The molecule has 4 rings (SSSR count). The maximum atomic E-state index is 13.1. The second-order valence-corrected chi connectivity index (χ2v) is 9.40. The number of aryl methyl sites for hydroxylation is 1. The summed E-state index contributed by atoms with van der Waals surface area (Å²) in [6, 6.07) is 6.84. The summed E-state index contributed by atoms with van der Waals surface area (Å²) in [6.07, 6.45) is 4.68. The molecular formula is C21H23N7O3S2. The molecule has 0 spiro atoms. The molecule has 1 aromatic carbocycles. The molecule has 2 N–H and O–H groups in total. The minimum atomic E-state index is -0.285. The molecule has 2 aromatic heterocycles. The van der Waals surface area contributed by atoms with E-state index in [4.69, 9.17) is 0 Å². The van der Waals surface area contributed by atoms with Gasteiger partial charge in [-0.1, -0.05) is 17.8 Å². The number of thioether (sulfide) groups is 1. The van der Waals surface area contributed by atoms with E-state index >= 15 is 0 Å². The summed E-state index contributed by atoms with van der Waals surface area (Å²) >= 11 is 2.64. The van der Waals surface area contributed by atoms with E-state index in [2.05, 4.69) is 25.8 Å². The lowest BCUT2D eigenvalue weighted by Gasteiger charge is -2.32. The lowest BCUT2D eigenvalue weighted by Crippen LogP contribution is -2.43. The molecule has 12 heteroatoms. The fraction of sp³-hybridized carbons (Fsp3) is 0.333. The van der Waals surface area contributed by atoms with Crippen LogP contribution in [0.1, 0.15) is 23.2 Å². The second-order valence-electron chi connectivity index (χ2n) is 7.56. The molecular weight excluding hydrogens is 462 g/mol. The number of carbonyl (C=O) groups excluding carboxylic acids is 3. The molecule has 1 unspecified atom stereocenters. The van der Waals surface area contributed by atoms with Gasteiger partial charge < -0.3 is 20.1 Å². The zero-order valence-electron chi connectivity index (χ0n) is 17.9. The van der Waals surface area contributed by atoms with Crippen molar-refractivity contribution in [3.05, 3.63) is 47.7 Å². The minimum absolute atomic E-state index is 0.121. The fourth-order valence-corrected chi connectivity index (χ4v) is 4.73. The summed E-state index contributed by atoms with van der Waals surface area (Å²) in [4.78, 5) is 43.8. The third kappa shape index (κ3) is 5.96. The molecule has 1 fully saturated rings. The average molecular weight is 486 g/mol. The van der Waals surface area contributed by atoms with Crippen molar-refractivity contribution in [2.45, 2.75) is 18.0 Å². The third-order valence-electron chi connectivity index (χ3n) is 5.14. The van der Waals surface area contributed by atoms with Crippen LogP contribution in [-0.4, -0.2) is 61.2 Å². The zero-order valence-corrected chi connectivity index (χ0v) is 19.6. The average Bonchev–Trinajstić information content (AvgIpc) is 3.49. The van der Waals surface area contributed by atoms with Gasteiger partial charge in [0.05, 0.1) is 11.7 Å². The van der Waals surface area contributed by atoms with Crippen molar-refractivity contribution in [2.24, 2.45) is 13.0 Å². The molecule has 0 radical (unpaired) electrons. The van der Waals surface area contributed by atoms with Crippen LogP contribution in [0.5, 0.6) is 0 Å². The Kier molecular flexibility index (Phi) is 7.35. The van der Waals surface area contributed by atoms with Gasteiger partial charge in [0.15, 0.2) is 10.3 Å². The van der Waals surface area contributed by atoms with Gasteiger partial charge in [-0.3, -0.25) is 14.4 Å². The predicted molar refractivity (Wildman–Crippen MR) is 126 cm³/mol. The Bertz CT molecular complexity index is 1130. The van der Waals surface area contributed by atoms with Crippen molar-refractivity contribution in [1.29, 1.82) is 0 Å². The quantitative estimate of drug-likeness (QED) is 0.493. The Balaban J connectivity index is 1.34. The largest absolute Gasteiger partial charge is 0.338 e. The third-order valence-corrected chi connectivity index (χ3v) is 6.86. The fourth-order valence-electron chi connectivity index (χ4n) is 3.51. The number of amides is 3. The molecule has 0 saturated carbocycles. The monoisotopic (exact) mass is 485 g/mol. The number of nitrogens with zero attached hydrogens (tertiary/aromatic N) is 5. The van der Waals surface area contributed by atoms with Gasteiger partial charge in [-0.2, -0.15) is 0 Å². The summed E-state index contributed by atoms with van der Waals surface area (Å²) in [6.45, 7) is 0.936. The van der Waals surface area contributed by atoms with Gasteiger partial charge in [0.25, 0.3) is 5.91 Å². The Morgan fingerprint density at radius 3 is 2.91 bits per heavy atom. The smallest absolute Gasteiger partial charge is 0.253 e. The highest BCUT2D eigenvalue weighted by Gasteiger charge is 2.29. The number of anilines is 2. The van der Waals surface area contributed by atoms with Crippen LogP contribution in [0, 0.1) is 5.92 Å². The van der Waals surface area contributed by atoms with Crippen molar-refractivity contribution in [2.75, 3.05) is 29.5 Å². The summed E-state index contributed by atoms with van der Waals surface area (Å²) in [5.74, 6) is -0.598. The lowest BCUT2D eigenvalue weighted by molar-refractivity contribution is -0.121. The summed E-state index contributed by atoms with van der Waals surface area (Å²) in [5, 5.41) is 16.4. The Morgan fingerprint density at radius 2 is 2.15 bits per heavy atom. The van der Waals surface area contributed by atoms with Crippen molar-refractivity contribution >= 4 is 51.6 Å². The molecule has 33 heavy (non-hydrogen) atoms. The van der Waals surface area contributed by atoms with Crippen LogP contribution in [0.15, 0.2) is 47.3 Å². The van der Waals surface area contributed by atoms with Gasteiger partial charge in [0.1, 0.15) is 6.33 Å². The number of nitrogens with one attached hydrogen (secondary N) is 2. The van der Waals surface area contributed by atoms with E-state index < -0.39 is 0 Å². The van der Waals surface area contributed by atoms with E-state index in [-0.39, 0.29) is 29.4 Å². The molecule has 1 aliphatic rings. The first-order valence-corrected chi connectivity index (χ1v) is 12.2. The lowest BCUT2D eigenvalue weighted by atomic mass is 9.96. The highest BCUT2D eigenvalue weighted by molar-refractivity contribution is 7.99. The number of piperidine rings is 1. The van der Waals surface area contributed by atoms with Crippen LogP contribution in [0.2, 0.25) is 0 Å². The van der Waals surface area contributed by atoms with Crippen molar-refractivity contribution in [1.82, 2.24) is 24.6 Å². The second kappa shape index (κ2) is 10.6. The van der Waals surface area contributed by atoms with E-state index in [1.54, 1.807) is 51.6 Å². The minimum Gasteiger partial charge on any atom is -0.338 e. The molecule has 0 bridgehead atoms. The van der Waals surface area contributed by atoms with E-state index in [0.717, 1.165) is 12.8 Å².